The SMILES string of the molecule is CC/C=C\C/C=C\C/C=C\C/C=C\CCCOCC(COC(=O)CCCCCCCCCCC/C=C\C/C=C\CCCCC)OC(=O)CCCCCCC/C=C\C/C=C\C/C=C\CC. The topological polar surface area (TPSA) is 61.8 Å². The van der Waals surface area contributed by atoms with E-state index in [1.54, 1.807) is 0 Å². The van der Waals surface area contributed by atoms with Crippen molar-refractivity contribution in [2.24, 2.45) is 0 Å². The highest BCUT2D eigenvalue weighted by Gasteiger charge is 2.17. The Morgan fingerprint density at radius 3 is 1.12 bits per heavy atom. The van der Waals surface area contributed by atoms with Crippen LogP contribution in [0.4, 0.5) is 0 Å². The van der Waals surface area contributed by atoms with E-state index in [-0.39, 0.29) is 25.2 Å². The molecule has 5 nitrogen and oxygen atoms in total. The molecule has 0 spiro atoms. The minimum absolute atomic E-state index is 0.0482. The third kappa shape index (κ3) is 51.2. The molecule has 0 N–H and O–H groups in total. The fourth-order valence-corrected chi connectivity index (χ4v) is 6.91. The first-order valence-electron chi connectivity index (χ1n) is 26.4. The van der Waals surface area contributed by atoms with Gasteiger partial charge in [0.25, 0.3) is 0 Å². The van der Waals surface area contributed by atoms with Crippen molar-refractivity contribution in [3.63, 3.8) is 0 Å². The van der Waals surface area contributed by atoms with Crippen LogP contribution in [0.25, 0.3) is 0 Å². The quantitative estimate of drug-likeness (QED) is 0.0346. The predicted molar refractivity (Wildman–Crippen MR) is 279 cm³/mol. The molecule has 1 atom stereocenters. The molecule has 364 valence electrons. The van der Waals surface area contributed by atoms with Crippen molar-refractivity contribution >= 4 is 11.9 Å². The smallest absolute Gasteiger partial charge is 0.306 e. The summed E-state index contributed by atoms with van der Waals surface area (Å²) in [5.41, 5.74) is 0. The number of hydrogen-bond donors (Lipinski definition) is 0. The summed E-state index contributed by atoms with van der Waals surface area (Å²) in [7, 11) is 0. The van der Waals surface area contributed by atoms with Crippen LogP contribution in [0.1, 0.15) is 226 Å². The Bertz CT molecular complexity index is 1280. The Labute approximate surface area is 395 Å². The van der Waals surface area contributed by atoms with Gasteiger partial charge in [-0.3, -0.25) is 9.59 Å². The van der Waals surface area contributed by atoms with Crippen LogP contribution in [-0.4, -0.2) is 37.9 Å². The zero-order chi connectivity index (χ0) is 46.3. The molecule has 0 radical (unpaired) electrons. The third-order valence-electron chi connectivity index (χ3n) is 10.8. The lowest BCUT2D eigenvalue weighted by molar-refractivity contribution is -0.163. The minimum Gasteiger partial charge on any atom is -0.462 e. The van der Waals surface area contributed by atoms with Crippen LogP contribution < -0.4 is 0 Å². The van der Waals surface area contributed by atoms with Crippen molar-refractivity contribution in [1.82, 2.24) is 0 Å². The van der Waals surface area contributed by atoms with Crippen molar-refractivity contribution in [2.45, 2.75) is 232 Å². The van der Waals surface area contributed by atoms with Crippen LogP contribution >= 0.6 is 0 Å². The molecular weight excluding hydrogens is 789 g/mol. The maximum Gasteiger partial charge on any atom is 0.306 e. The normalized spacial score (nSPS) is 13.1. The van der Waals surface area contributed by atoms with Gasteiger partial charge in [-0.1, -0.05) is 207 Å². The minimum atomic E-state index is -0.582. The summed E-state index contributed by atoms with van der Waals surface area (Å²) < 4.78 is 17.3. The monoisotopic (exact) mass is 887 g/mol. The van der Waals surface area contributed by atoms with Crippen molar-refractivity contribution in [3.05, 3.63) is 109 Å². The van der Waals surface area contributed by atoms with Gasteiger partial charge in [0, 0.05) is 19.4 Å². The third-order valence-corrected chi connectivity index (χ3v) is 10.8. The fraction of sp³-hybridized carbons (Fsp3) is 0.661. The average Bonchev–Trinajstić information content (AvgIpc) is 3.30. The highest BCUT2D eigenvalue weighted by molar-refractivity contribution is 5.70. The van der Waals surface area contributed by atoms with Gasteiger partial charge in [-0.05, 0) is 116 Å². The lowest BCUT2D eigenvalue weighted by atomic mass is 10.1. The maximum atomic E-state index is 12.8. The molecule has 0 aromatic heterocycles. The van der Waals surface area contributed by atoms with Gasteiger partial charge < -0.3 is 14.2 Å². The van der Waals surface area contributed by atoms with Gasteiger partial charge in [-0.25, -0.2) is 0 Å². The second-order valence-corrected chi connectivity index (χ2v) is 17.0. The van der Waals surface area contributed by atoms with E-state index in [0.717, 1.165) is 109 Å². The molecule has 0 bridgehead atoms. The standard InChI is InChI=1S/C59H98O5/c1-4-7-10-13-16-19-22-25-28-29-30-31-33-34-37-40-43-46-49-52-58(60)63-56-57(55-62-54-51-48-45-42-39-36-27-24-21-18-15-12-9-6-3)64-59(61)53-50-47-44-41-38-35-32-26-23-20-17-14-11-8-5-2/h8-9,11-12,16-21,25-28,32,36,42,45,57H,4-7,10,13-15,22-24,29-31,33-35,37-41,43-44,46-56H2,1-3H3/b11-8-,12-9-,19-16-,20-17-,21-18-,28-25-,32-26-,36-27-,45-42-. The zero-order valence-corrected chi connectivity index (χ0v) is 41.8. The summed E-state index contributed by atoms with van der Waals surface area (Å²) in [6.07, 6.45) is 73.9. The van der Waals surface area contributed by atoms with E-state index in [0.29, 0.717) is 19.4 Å². The first kappa shape index (κ1) is 60.6. The Balaban J connectivity index is 4.36. The Morgan fingerprint density at radius 2 is 0.703 bits per heavy atom. The number of unbranched alkanes of at least 4 members (excludes halogenated alkanes) is 18. The van der Waals surface area contributed by atoms with E-state index >= 15 is 0 Å². The van der Waals surface area contributed by atoms with Gasteiger partial charge in [0.05, 0.1) is 6.61 Å². The Morgan fingerprint density at radius 1 is 0.359 bits per heavy atom. The summed E-state index contributed by atoms with van der Waals surface area (Å²) in [5.74, 6) is -0.456. The number of ether oxygens (including phenoxy) is 3. The van der Waals surface area contributed by atoms with Crippen LogP contribution in [0.5, 0.6) is 0 Å². The van der Waals surface area contributed by atoms with Crippen molar-refractivity contribution in [1.29, 1.82) is 0 Å². The molecule has 0 fully saturated rings. The lowest BCUT2D eigenvalue weighted by Gasteiger charge is -2.18. The fourth-order valence-electron chi connectivity index (χ4n) is 6.91. The number of carbonyl (C=O) groups is 2. The molecule has 0 amide bonds. The molecule has 0 aliphatic rings. The first-order valence-corrected chi connectivity index (χ1v) is 26.4. The molecule has 0 saturated heterocycles. The second-order valence-electron chi connectivity index (χ2n) is 17.0. The second kappa shape index (κ2) is 53.9. The largest absolute Gasteiger partial charge is 0.462 e. The maximum absolute atomic E-state index is 12.8. The molecule has 1 unspecified atom stereocenters. The van der Waals surface area contributed by atoms with Crippen LogP contribution in [0.15, 0.2) is 109 Å². The number of esters is 2. The summed E-state index contributed by atoms with van der Waals surface area (Å²) in [6.45, 7) is 7.41. The molecule has 0 rings (SSSR count). The summed E-state index contributed by atoms with van der Waals surface area (Å²) in [5, 5.41) is 0. The highest BCUT2D eigenvalue weighted by Crippen LogP contribution is 2.14. The van der Waals surface area contributed by atoms with Crippen LogP contribution in [0, 0.1) is 0 Å². The molecule has 0 heterocycles. The van der Waals surface area contributed by atoms with Crippen molar-refractivity contribution in [3.8, 4) is 0 Å². The highest BCUT2D eigenvalue weighted by atomic mass is 16.6. The average molecular weight is 887 g/mol. The Hall–Kier alpha value is -3.44. The van der Waals surface area contributed by atoms with Crippen LogP contribution in [-0.2, 0) is 23.8 Å². The summed E-state index contributed by atoms with van der Waals surface area (Å²) in [6, 6.07) is 0. The van der Waals surface area contributed by atoms with E-state index in [9.17, 15) is 9.59 Å². The van der Waals surface area contributed by atoms with Crippen LogP contribution in [0.3, 0.4) is 0 Å². The summed E-state index contributed by atoms with van der Waals surface area (Å²) in [4.78, 5) is 25.4. The van der Waals surface area contributed by atoms with Crippen LogP contribution in [0.2, 0.25) is 0 Å². The Kier molecular flexibility index (Phi) is 51.0. The van der Waals surface area contributed by atoms with Crippen molar-refractivity contribution in [2.75, 3.05) is 19.8 Å². The molecular formula is C59H98O5. The molecule has 0 aliphatic heterocycles. The molecule has 0 aromatic carbocycles. The van der Waals surface area contributed by atoms with E-state index in [2.05, 4.69) is 130 Å². The number of rotatable bonds is 47. The lowest BCUT2D eigenvalue weighted by Crippen LogP contribution is -2.30. The zero-order valence-electron chi connectivity index (χ0n) is 41.8. The molecule has 5 heteroatoms. The van der Waals surface area contributed by atoms with Crippen molar-refractivity contribution < 1.29 is 23.8 Å². The number of allylic oxidation sites excluding steroid dienone is 18. The van der Waals surface area contributed by atoms with E-state index in [4.69, 9.17) is 14.2 Å². The molecule has 0 aromatic rings. The first-order chi connectivity index (χ1) is 31.6. The van der Waals surface area contributed by atoms with Gasteiger partial charge in [0.1, 0.15) is 6.61 Å². The predicted octanol–water partition coefficient (Wildman–Crippen LogP) is 18.0. The van der Waals surface area contributed by atoms with Gasteiger partial charge in [0.2, 0.25) is 0 Å². The van der Waals surface area contributed by atoms with Gasteiger partial charge >= 0.3 is 11.9 Å². The molecule has 0 saturated carbocycles. The number of carbonyl (C=O) groups excluding carboxylic acids is 2. The molecule has 64 heavy (non-hydrogen) atoms. The van der Waals surface area contributed by atoms with E-state index in [1.807, 2.05) is 0 Å². The molecule has 0 aliphatic carbocycles. The summed E-state index contributed by atoms with van der Waals surface area (Å²) >= 11 is 0. The van der Waals surface area contributed by atoms with Gasteiger partial charge in [-0.2, -0.15) is 0 Å². The van der Waals surface area contributed by atoms with Gasteiger partial charge in [0.15, 0.2) is 6.10 Å². The number of hydrogen-bond acceptors (Lipinski definition) is 5. The van der Waals surface area contributed by atoms with Gasteiger partial charge in [-0.15, -0.1) is 0 Å². The van der Waals surface area contributed by atoms with E-state index in [1.165, 1.54) is 83.5 Å². The van der Waals surface area contributed by atoms with E-state index < -0.39 is 6.10 Å².